The fourth-order valence-corrected chi connectivity index (χ4v) is 5.82. The van der Waals surface area contributed by atoms with Crippen LogP contribution < -0.4 is 0 Å². The molecule has 36 heavy (non-hydrogen) atoms. The Morgan fingerprint density at radius 3 is 1.86 bits per heavy atom. The quantitative estimate of drug-likeness (QED) is 0.488. The Balaban J connectivity index is 1.25. The van der Waals surface area contributed by atoms with Gasteiger partial charge in [-0.25, -0.2) is 9.98 Å². The average molecular weight is 479 g/mol. The molecule has 0 amide bonds. The summed E-state index contributed by atoms with van der Waals surface area (Å²) in [5.74, 6) is 0.194. The van der Waals surface area contributed by atoms with Crippen LogP contribution in [0.2, 0.25) is 0 Å². The van der Waals surface area contributed by atoms with E-state index in [0.717, 1.165) is 29.5 Å². The van der Waals surface area contributed by atoms with Crippen molar-refractivity contribution in [3.05, 3.63) is 107 Å². The summed E-state index contributed by atoms with van der Waals surface area (Å²) in [5, 5.41) is 0. The van der Waals surface area contributed by atoms with Crippen molar-refractivity contribution in [3.63, 3.8) is 0 Å². The van der Waals surface area contributed by atoms with Crippen LogP contribution in [0.1, 0.15) is 46.8 Å². The van der Waals surface area contributed by atoms with Crippen molar-refractivity contribution in [2.75, 3.05) is 0 Å². The van der Waals surface area contributed by atoms with Crippen LogP contribution >= 0.6 is 0 Å². The molecule has 0 bridgehead atoms. The maximum Gasteiger partial charge on any atom is 0.331 e. The molecule has 0 radical (unpaired) electrons. The molecule has 3 aromatic carbocycles. The molecule has 0 spiro atoms. The number of benzene rings is 3. The van der Waals surface area contributed by atoms with E-state index in [1.165, 1.54) is 11.1 Å². The number of nitrogens with zero attached hydrogens (tertiary/aromatic N) is 2. The van der Waals surface area contributed by atoms with Gasteiger partial charge in [0.05, 0.1) is 0 Å². The number of carbonyl (C=O) groups excluding carboxylic acids is 1. The van der Waals surface area contributed by atoms with Crippen LogP contribution in [0.4, 0.5) is 0 Å². The van der Waals surface area contributed by atoms with Crippen molar-refractivity contribution in [2.24, 2.45) is 15.4 Å². The topological polar surface area (TPSA) is 69.5 Å². The second-order valence-electron chi connectivity index (χ2n) is 10.1. The van der Waals surface area contributed by atoms with Crippen LogP contribution in [0.25, 0.3) is 0 Å². The van der Waals surface area contributed by atoms with Gasteiger partial charge in [-0.1, -0.05) is 78.9 Å². The van der Waals surface area contributed by atoms with Gasteiger partial charge in [-0.3, -0.25) is 4.79 Å². The number of ether oxygens (including phenoxy) is 3. The lowest BCUT2D eigenvalue weighted by atomic mass is 9.89. The summed E-state index contributed by atoms with van der Waals surface area (Å²) >= 11 is 0. The average Bonchev–Trinajstić information content (AvgIpc) is 3.66. The Kier molecular flexibility index (Phi) is 4.78. The summed E-state index contributed by atoms with van der Waals surface area (Å²) in [4.78, 5) is 23.7. The second-order valence-corrected chi connectivity index (χ2v) is 10.1. The zero-order chi connectivity index (χ0) is 24.3. The van der Waals surface area contributed by atoms with E-state index >= 15 is 0 Å². The number of esters is 1. The Labute approximate surface area is 209 Å². The van der Waals surface area contributed by atoms with Crippen LogP contribution in [0, 0.1) is 5.41 Å². The largest absolute Gasteiger partial charge is 0.473 e. The predicted molar refractivity (Wildman–Crippen MR) is 135 cm³/mol. The van der Waals surface area contributed by atoms with E-state index in [1.807, 2.05) is 54.6 Å². The Hall–Kier alpha value is -3.93. The predicted octanol–water partition coefficient (Wildman–Crippen LogP) is 4.93. The summed E-state index contributed by atoms with van der Waals surface area (Å²) in [6.07, 6.45) is 1.24. The molecule has 2 aliphatic carbocycles. The highest BCUT2D eigenvalue weighted by Gasteiger charge is 2.57. The molecule has 0 N–H and O–H groups in total. The van der Waals surface area contributed by atoms with Gasteiger partial charge < -0.3 is 14.2 Å². The molecule has 4 aliphatic rings. The highest BCUT2D eigenvalue weighted by molar-refractivity contribution is 6.21. The number of hydrogen-bond acceptors (Lipinski definition) is 6. The molecule has 3 aromatic rings. The van der Waals surface area contributed by atoms with Crippen LogP contribution in [0.5, 0.6) is 0 Å². The Morgan fingerprint density at radius 1 is 0.806 bits per heavy atom. The standard InChI is InChI=1S/C30H26N2O4/c1-30(29(33)34-17-18-9-3-2-4-10-18,27-31-25-21-13-7-5-11-19(21)15-23(25)35-27)28-32-26-22-14-8-6-12-20(22)16-24(26)36-28/h2-14,23-26H,15-17H2,1H3. The molecule has 2 aliphatic heterocycles. The van der Waals surface area contributed by atoms with Crippen molar-refractivity contribution in [1.82, 2.24) is 0 Å². The lowest BCUT2D eigenvalue weighted by Crippen LogP contribution is -2.46. The van der Waals surface area contributed by atoms with Crippen LogP contribution in [-0.2, 0) is 38.5 Å². The van der Waals surface area contributed by atoms with Gasteiger partial charge in [0.1, 0.15) is 30.9 Å². The van der Waals surface area contributed by atoms with Gasteiger partial charge in [0.2, 0.25) is 17.2 Å². The summed E-state index contributed by atoms with van der Waals surface area (Å²) in [5.41, 5.74) is 4.32. The minimum Gasteiger partial charge on any atom is -0.473 e. The van der Waals surface area contributed by atoms with Crippen LogP contribution in [0.15, 0.2) is 88.8 Å². The molecule has 0 aromatic heterocycles. The first kappa shape index (κ1) is 21.4. The third kappa shape index (κ3) is 3.20. The Morgan fingerprint density at radius 2 is 1.31 bits per heavy atom. The molecule has 4 atom stereocenters. The molecule has 6 nitrogen and oxygen atoms in total. The second kappa shape index (κ2) is 8.05. The van der Waals surface area contributed by atoms with Crippen molar-refractivity contribution < 1.29 is 19.0 Å². The lowest BCUT2D eigenvalue weighted by Gasteiger charge is -2.27. The summed E-state index contributed by atoms with van der Waals surface area (Å²) in [6, 6.07) is 25.9. The first-order chi connectivity index (χ1) is 17.6. The van der Waals surface area contributed by atoms with E-state index in [0.29, 0.717) is 11.8 Å². The van der Waals surface area contributed by atoms with Crippen molar-refractivity contribution in [3.8, 4) is 0 Å². The number of hydrogen-bond donors (Lipinski definition) is 0. The van der Waals surface area contributed by atoms with Gasteiger partial charge in [-0.2, -0.15) is 0 Å². The first-order valence-corrected chi connectivity index (χ1v) is 12.5. The SMILES string of the molecule is CC(C(=O)OCc1ccccc1)(C1=NC2c3ccccc3CC2O1)C1=NC2c3ccccc3CC2O1. The lowest BCUT2D eigenvalue weighted by molar-refractivity contribution is -0.150. The van der Waals surface area contributed by atoms with E-state index in [9.17, 15) is 4.79 Å². The summed E-state index contributed by atoms with van der Waals surface area (Å²) in [6.45, 7) is 1.93. The van der Waals surface area contributed by atoms with Gasteiger partial charge in [-0.15, -0.1) is 0 Å². The zero-order valence-electron chi connectivity index (χ0n) is 20.0. The number of aliphatic imine (C=N–C) groups is 2. The normalized spacial score (nSPS) is 26.4. The maximum atomic E-state index is 13.8. The number of carbonyl (C=O) groups is 1. The minimum atomic E-state index is -1.37. The van der Waals surface area contributed by atoms with Gasteiger partial charge in [0.15, 0.2) is 0 Å². The van der Waals surface area contributed by atoms with E-state index in [2.05, 4.69) is 24.3 Å². The van der Waals surface area contributed by atoms with Gasteiger partial charge in [0.25, 0.3) is 0 Å². The monoisotopic (exact) mass is 478 g/mol. The smallest absolute Gasteiger partial charge is 0.331 e. The minimum absolute atomic E-state index is 0.138. The van der Waals surface area contributed by atoms with Crippen LogP contribution in [-0.4, -0.2) is 30.0 Å². The molecule has 4 unspecified atom stereocenters. The molecule has 0 saturated carbocycles. The van der Waals surface area contributed by atoms with Crippen molar-refractivity contribution in [2.45, 2.75) is 50.7 Å². The number of rotatable bonds is 5. The first-order valence-electron chi connectivity index (χ1n) is 12.5. The Bertz CT molecular complexity index is 1340. The summed E-state index contributed by atoms with van der Waals surface area (Å²) in [7, 11) is 0. The van der Waals surface area contributed by atoms with Gasteiger partial charge in [0, 0.05) is 12.8 Å². The van der Waals surface area contributed by atoms with E-state index in [1.54, 1.807) is 6.92 Å². The third-order valence-electron chi connectivity index (χ3n) is 7.81. The van der Waals surface area contributed by atoms with E-state index in [-0.39, 0.29) is 30.9 Å². The zero-order valence-corrected chi connectivity index (χ0v) is 20.0. The van der Waals surface area contributed by atoms with E-state index < -0.39 is 11.4 Å². The molecule has 0 fully saturated rings. The fraction of sp³-hybridized carbons (Fsp3) is 0.300. The molecule has 180 valence electrons. The van der Waals surface area contributed by atoms with E-state index in [4.69, 9.17) is 24.2 Å². The number of fused-ring (bicyclic) bond motifs is 6. The van der Waals surface area contributed by atoms with Crippen LogP contribution in [0.3, 0.4) is 0 Å². The molecular formula is C30H26N2O4. The summed E-state index contributed by atoms with van der Waals surface area (Å²) < 4.78 is 18.6. The fourth-order valence-electron chi connectivity index (χ4n) is 5.82. The molecule has 0 saturated heterocycles. The third-order valence-corrected chi connectivity index (χ3v) is 7.81. The van der Waals surface area contributed by atoms with Gasteiger partial charge in [-0.05, 0) is 34.7 Å². The maximum absolute atomic E-state index is 13.8. The van der Waals surface area contributed by atoms with Crippen molar-refractivity contribution >= 4 is 17.8 Å². The molecule has 7 rings (SSSR count). The molecule has 6 heteroatoms. The highest BCUT2D eigenvalue weighted by Crippen LogP contribution is 2.47. The highest BCUT2D eigenvalue weighted by atomic mass is 16.6. The molecular weight excluding hydrogens is 452 g/mol. The van der Waals surface area contributed by atoms with Gasteiger partial charge >= 0.3 is 5.97 Å². The molecule has 2 heterocycles. The van der Waals surface area contributed by atoms with Crippen molar-refractivity contribution in [1.29, 1.82) is 0 Å².